The van der Waals surface area contributed by atoms with Crippen molar-refractivity contribution in [1.29, 1.82) is 0 Å². The highest BCUT2D eigenvalue weighted by atomic mass is 127. The van der Waals surface area contributed by atoms with Crippen molar-refractivity contribution in [2.75, 3.05) is 0 Å². The Labute approximate surface area is 105 Å². The summed E-state index contributed by atoms with van der Waals surface area (Å²) in [6, 6.07) is 1.40. The molecule has 0 saturated carbocycles. The fourth-order valence-electron chi connectivity index (χ4n) is 0.759. The molecule has 13 heavy (non-hydrogen) atoms. The maximum Gasteiger partial charge on any atom is 0.280 e. The van der Waals surface area contributed by atoms with E-state index in [1.165, 1.54) is 6.07 Å². The summed E-state index contributed by atoms with van der Waals surface area (Å²) >= 11 is 8.42. The summed E-state index contributed by atoms with van der Waals surface area (Å²) in [5, 5.41) is 0.600. The molecular formula is C7H4Br2F2IN. The van der Waals surface area contributed by atoms with Crippen LogP contribution in [0.2, 0.25) is 0 Å². The van der Waals surface area contributed by atoms with Crippen LogP contribution in [0.4, 0.5) is 8.78 Å². The van der Waals surface area contributed by atoms with Crippen LogP contribution < -0.4 is 0 Å². The van der Waals surface area contributed by atoms with Crippen molar-refractivity contribution in [1.82, 2.24) is 4.98 Å². The number of hydrogen-bond donors (Lipinski definition) is 0. The van der Waals surface area contributed by atoms with Gasteiger partial charge in [0.05, 0.1) is 0 Å². The third-order valence-corrected chi connectivity index (χ3v) is 3.58. The monoisotopic (exact) mass is 425 g/mol. The van der Waals surface area contributed by atoms with Gasteiger partial charge in [-0.1, -0.05) is 15.9 Å². The van der Waals surface area contributed by atoms with Crippen LogP contribution in [0.15, 0.2) is 10.7 Å². The van der Waals surface area contributed by atoms with Crippen molar-refractivity contribution in [2.45, 2.75) is 11.8 Å². The van der Waals surface area contributed by atoms with Crippen molar-refractivity contribution in [3.63, 3.8) is 0 Å². The van der Waals surface area contributed by atoms with Gasteiger partial charge in [-0.05, 0) is 44.6 Å². The Bertz CT molecular complexity index is 296. The second kappa shape index (κ2) is 4.97. The molecular weight excluding hydrogens is 423 g/mol. The third-order valence-electron chi connectivity index (χ3n) is 1.40. The van der Waals surface area contributed by atoms with Crippen molar-refractivity contribution < 1.29 is 8.78 Å². The molecule has 6 heteroatoms. The van der Waals surface area contributed by atoms with E-state index in [-0.39, 0.29) is 5.69 Å². The predicted molar refractivity (Wildman–Crippen MR) is 62.2 cm³/mol. The van der Waals surface area contributed by atoms with Gasteiger partial charge in [0.1, 0.15) is 10.3 Å². The van der Waals surface area contributed by atoms with Crippen LogP contribution in [-0.2, 0) is 5.33 Å². The van der Waals surface area contributed by atoms with Crippen LogP contribution in [0.5, 0.6) is 0 Å². The molecule has 0 aromatic carbocycles. The molecule has 0 bridgehead atoms. The minimum atomic E-state index is -2.52. The van der Waals surface area contributed by atoms with Gasteiger partial charge < -0.3 is 0 Å². The number of nitrogens with zero attached hydrogens (tertiary/aromatic N) is 1. The Hall–Kier alpha value is 0.700. The van der Waals surface area contributed by atoms with Crippen LogP contribution in [0.25, 0.3) is 0 Å². The zero-order valence-electron chi connectivity index (χ0n) is 6.20. The first kappa shape index (κ1) is 11.8. The van der Waals surface area contributed by atoms with Crippen LogP contribution in [0, 0.1) is 3.57 Å². The molecule has 1 nitrogen and oxygen atoms in total. The summed E-state index contributed by atoms with van der Waals surface area (Å²) in [5.74, 6) is 0. The molecule has 0 atom stereocenters. The molecule has 72 valence electrons. The van der Waals surface area contributed by atoms with E-state index < -0.39 is 6.43 Å². The molecule has 0 aliphatic carbocycles. The Morgan fingerprint density at radius 1 is 1.54 bits per heavy atom. The second-order valence-corrected chi connectivity index (χ2v) is 4.71. The molecule has 0 N–H and O–H groups in total. The van der Waals surface area contributed by atoms with Crippen LogP contribution >= 0.6 is 54.5 Å². The van der Waals surface area contributed by atoms with Gasteiger partial charge in [0, 0.05) is 14.5 Å². The van der Waals surface area contributed by atoms with Gasteiger partial charge in [-0.3, -0.25) is 0 Å². The Morgan fingerprint density at radius 3 is 2.54 bits per heavy atom. The third kappa shape index (κ3) is 2.82. The van der Waals surface area contributed by atoms with Crippen LogP contribution in [0.3, 0.4) is 0 Å². The first-order valence-electron chi connectivity index (χ1n) is 3.25. The summed E-state index contributed by atoms with van der Waals surface area (Å²) < 4.78 is 25.8. The maximum atomic E-state index is 12.3. The van der Waals surface area contributed by atoms with Crippen molar-refractivity contribution >= 4 is 54.5 Å². The topological polar surface area (TPSA) is 12.9 Å². The molecule has 0 fully saturated rings. The summed E-state index contributed by atoms with van der Waals surface area (Å²) in [6.45, 7) is 0. The molecule has 0 radical (unpaired) electrons. The van der Waals surface area contributed by atoms with E-state index in [2.05, 4.69) is 36.8 Å². The molecule has 0 saturated heterocycles. The number of rotatable bonds is 2. The minimum absolute atomic E-state index is 0.194. The lowest BCUT2D eigenvalue weighted by Gasteiger charge is -2.06. The molecule has 1 aromatic rings. The quantitative estimate of drug-likeness (QED) is 0.391. The lowest BCUT2D eigenvalue weighted by molar-refractivity contribution is 0.145. The lowest BCUT2D eigenvalue weighted by atomic mass is 10.3. The first-order valence-corrected chi connectivity index (χ1v) is 6.24. The average molecular weight is 427 g/mol. The van der Waals surface area contributed by atoms with Gasteiger partial charge in [0.15, 0.2) is 0 Å². The molecule has 0 unspecified atom stereocenters. The lowest BCUT2D eigenvalue weighted by Crippen LogP contribution is -1.97. The summed E-state index contributed by atoms with van der Waals surface area (Å²) in [7, 11) is 0. The summed E-state index contributed by atoms with van der Waals surface area (Å²) in [5.41, 5.74) is 0.700. The molecule has 0 amide bonds. The Kier molecular flexibility index (Phi) is 4.50. The number of pyridine rings is 1. The standard InChI is InChI=1S/C7H4Br2F2IN/c8-2-3-4(12)1-5(7(10)11)13-6(3)9/h1,7H,2H2. The largest absolute Gasteiger partial charge is 0.280 e. The van der Waals surface area contributed by atoms with Gasteiger partial charge in [0.2, 0.25) is 0 Å². The molecule has 0 aliphatic heterocycles. The fourth-order valence-corrected chi connectivity index (χ4v) is 3.92. The minimum Gasteiger partial charge on any atom is -0.240 e. The highest BCUT2D eigenvalue weighted by Gasteiger charge is 2.14. The van der Waals surface area contributed by atoms with Crippen LogP contribution in [-0.4, -0.2) is 4.98 Å². The predicted octanol–water partition coefficient (Wildman–Crippen LogP) is 4.28. The van der Waals surface area contributed by atoms with E-state index in [0.717, 1.165) is 9.13 Å². The van der Waals surface area contributed by atoms with Crippen molar-refractivity contribution in [3.8, 4) is 0 Å². The summed E-state index contributed by atoms with van der Waals surface area (Å²) in [4.78, 5) is 3.74. The van der Waals surface area contributed by atoms with E-state index in [0.29, 0.717) is 9.93 Å². The number of alkyl halides is 3. The molecule has 1 heterocycles. The Morgan fingerprint density at radius 2 is 2.15 bits per heavy atom. The van der Waals surface area contributed by atoms with Crippen LogP contribution in [0.1, 0.15) is 17.7 Å². The number of halogens is 5. The van der Waals surface area contributed by atoms with E-state index in [4.69, 9.17) is 0 Å². The molecule has 0 aliphatic rings. The zero-order chi connectivity index (χ0) is 10.0. The normalized spacial score (nSPS) is 10.9. The SMILES string of the molecule is FC(F)c1cc(I)c(CBr)c(Br)n1. The van der Waals surface area contributed by atoms with E-state index in [1.807, 2.05) is 22.6 Å². The Balaban J connectivity index is 3.20. The number of hydrogen-bond acceptors (Lipinski definition) is 1. The number of aromatic nitrogens is 1. The molecule has 1 rings (SSSR count). The fraction of sp³-hybridized carbons (Fsp3) is 0.286. The van der Waals surface area contributed by atoms with Crippen molar-refractivity contribution in [3.05, 3.63) is 25.5 Å². The first-order chi connectivity index (χ1) is 6.06. The van der Waals surface area contributed by atoms with E-state index in [9.17, 15) is 8.78 Å². The van der Waals surface area contributed by atoms with Gasteiger partial charge in [-0.15, -0.1) is 0 Å². The van der Waals surface area contributed by atoms with Gasteiger partial charge in [-0.2, -0.15) is 0 Å². The van der Waals surface area contributed by atoms with Crippen molar-refractivity contribution in [2.24, 2.45) is 0 Å². The highest BCUT2D eigenvalue weighted by Crippen LogP contribution is 2.27. The highest BCUT2D eigenvalue weighted by molar-refractivity contribution is 14.1. The zero-order valence-corrected chi connectivity index (χ0v) is 11.5. The second-order valence-electron chi connectivity index (χ2n) is 2.23. The van der Waals surface area contributed by atoms with Gasteiger partial charge in [0.25, 0.3) is 6.43 Å². The molecule has 0 spiro atoms. The molecule has 1 aromatic heterocycles. The van der Waals surface area contributed by atoms with E-state index >= 15 is 0 Å². The van der Waals surface area contributed by atoms with E-state index in [1.54, 1.807) is 0 Å². The van der Waals surface area contributed by atoms with Gasteiger partial charge in [-0.25, -0.2) is 13.8 Å². The smallest absolute Gasteiger partial charge is 0.240 e. The average Bonchev–Trinajstić information content (AvgIpc) is 2.03. The maximum absolute atomic E-state index is 12.3. The van der Waals surface area contributed by atoms with Gasteiger partial charge >= 0.3 is 0 Å². The summed E-state index contributed by atoms with van der Waals surface area (Å²) in [6.07, 6.45) is -2.52.